The Bertz CT molecular complexity index is 1260. The normalized spacial score (nSPS) is 11.7. The van der Waals surface area contributed by atoms with E-state index in [0.29, 0.717) is 23.3 Å². The van der Waals surface area contributed by atoms with Crippen molar-refractivity contribution in [1.82, 2.24) is 0 Å². The average molecular weight is 376 g/mol. The van der Waals surface area contributed by atoms with Crippen LogP contribution in [0, 0.1) is 17.5 Å². The molecule has 0 heterocycles. The molecule has 0 saturated carbocycles. The maximum atomic E-state index is 14.9. The van der Waals surface area contributed by atoms with Crippen molar-refractivity contribution in [2.24, 2.45) is 0 Å². The van der Waals surface area contributed by atoms with Gasteiger partial charge in [0, 0.05) is 16.7 Å². The van der Waals surface area contributed by atoms with Gasteiger partial charge in [-0.2, -0.15) is 0 Å². The van der Waals surface area contributed by atoms with Gasteiger partial charge in [0.1, 0.15) is 0 Å². The Balaban J connectivity index is 1.68. The van der Waals surface area contributed by atoms with Crippen molar-refractivity contribution in [3.05, 3.63) is 78.1 Å². The summed E-state index contributed by atoms with van der Waals surface area (Å²) in [4.78, 5) is 0. The molecule has 0 saturated heterocycles. The fraction of sp³-hybridized carbons (Fsp3) is 0.0833. The maximum Gasteiger partial charge on any atom is 0.173 e. The zero-order valence-electron chi connectivity index (χ0n) is 15.0. The van der Waals surface area contributed by atoms with Gasteiger partial charge in [-0.05, 0) is 58.7 Å². The van der Waals surface area contributed by atoms with Crippen LogP contribution in [-0.2, 0) is 0 Å². The van der Waals surface area contributed by atoms with Gasteiger partial charge in [-0.15, -0.1) is 0 Å². The molecule has 0 radical (unpaired) electrons. The van der Waals surface area contributed by atoms with E-state index in [2.05, 4.69) is 0 Å². The number of halogens is 3. The first kappa shape index (κ1) is 16.9. The van der Waals surface area contributed by atoms with E-state index in [-0.39, 0.29) is 22.4 Å². The summed E-state index contributed by atoms with van der Waals surface area (Å²) in [5, 5.41) is 1.96. The van der Waals surface area contributed by atoms with Crippen LogP contribution < -0.4 is 4.74 Å². The minimum absolute atomic E-state index is 0.0175. The van der Waals surface area contributed by atoms with E-state index in [4.69, 9.17) is 4.74 Å². The second kappa shape index (κ2) is 6.13. The van der Waals surface area contributed by atoms with Crippen LogP contribution >= 0.6 is 0 Å². The quantitative estimate of drug-likeness (QED) is 0.330. The Morgan fingerprint density at radius 1 is 0.679 bits per heavy atom. The molecule has 0 aromatic heterocycles. The molecule has 1 aliphatic carbocycles. The van der Waals surface area contributed by atoms with Crippen molar-refractivity contribution in [2.75, 3.05) is 6.61 Å². The number of hydrogen-bond donors (Lipinski definition) is 0. The van der Waals surface area contributed by atoms with Crippen molar-refractivity contribution < 1.29 is 17.9 Å². The van der Waals surface area contributed by atoms with Crippen LogP contribution in [0.5, 0.6) is 5.75 Å². The van der Waals surface area contributed by atoms with Gasteiger partial charge in [0.15, 0.2) is 23.2 Å². The third-order valence-electron chi connectivity index (χ3n) is 5.21. The fourth-order valence-electron chi connectivity index (χ4n) is 3.88. The molecule has 0 bridgehead atoms. The molecule has 1 aliphatic rings. The van der Waals surface area contributed by atoms with Gasteiger partial charge in [0.2, 0.25) is 0 Å². The lowest BCUT2D eigenvalue weighted by atomic mass is 9.78. The fourth-order valence-corrected chi connectivity index (χ4v) is 3.88. The number of hydrogen-bond acceptors (Lipinski definition) is 1. The van der Waals surface area contributed by atoms with Crippen molar-refractivity contribution in [3.63, 3.8) is 0 Å². The largest absolute Gasteiger partial charge is 0.491 e. The highest BCUT2D eigenvalue weighted by Gasteiger charge is 2.34. The van der Waals surface area contributed by atoms with Crippen LogP contribution in [0.4, 0.5) is 13.2 Å². The van der Waals surface area contributed by atoms with Gasteiger partial charge in [0.25, 0.3) is 0 Å². The zero-order valence-corrected chi connectivity index (χ0v) is 15.0. The minimum atomic E-state index is -1.03. The molecule has 4 aromatic carbocycles. The van der Waals surface area contributed by atoms with Gasteiger partial charge in [-0.1, -0.05) is 36.4 Å². The standard InChI is InChI=1S/C24H15F3O/c1-2-28-19-10-9-16-18-12-17(22(25)24(27)21(18)20(16)23(19)26)15-8-7-13-5-3-4-6-14(13)11-15/h3-12H,2H2,1H3. The Kier molecular flexibility index (Phi) is 3.69. The monoisotopic (exact) mass is 376 g/mol. The van der Waals surface area contributed by atoms with Gasteiger partial charge >= 0.3 is 0 Å². The molecule has 5 rings (SSSR count). The molecule has 0 atom stereocenters. The predicted octanol–water partition coefficient (Wildman–Crippen LogP) is 6.97. The van der Waals surface area contributed by atoms with Crippen LogP contribution in [-0.4, -0.2) is 6.61 Å². The van der Waals surface area contributed by atoms with Crippen molar-refractivity contribution >= 4 is 10.8 Å². The SMILES string of the molecule is CCOc1ccc2c(c1F)-c1c-2cc(-c2ccc3ccccc3c2)c(F)c1F. The topological polar surface area (TPSA) is 9.23 Å². The summed E-state index contributed by atoms with van der Waals surface area (Å²) in [5.41, 5.74) is 1.90. The molecule has 4 heteroatoms. The Morgan fingerprint density at radius 3 is 2.21 bits per heavy atom. The van der Waals surface area contributed by atoms with E-state index in [1.54, 1.807) is 25.1 Å². The first-order valence-electron chi connectivity index (χ1n) is 9.07. The third-order valence-corrected chi connectivity index (χ3v) is 5.21. The Hall–Kier alpha value is -3.27. The summed E-state index contributed by atoms with van der Waals surface area (Å²) in [6.45, 7) is 2.03. The van der Waals surface area contributed by atoms with Crippen molar-refractivity contribution in [3.8, 4) is 39.1 Å². The molecule has 0 fully saturated rings. The summed E-state index contributed by atoms with van der Waals surface area (Å²) in [6.07, 6.45) is 0. The van der Waals surface area contributed by atoms with Crippen LogP contribution in [0.1, 0.15) is 6.92 Å². The molecule has 1 nitrogen and oxygen atoms in total. The Labute approximate surface area is 160 Å². The molecule has 0 spiro atoms. The highest BCUT2D eigenvalue weighted by atomic mass is 19.2. The van der Waals surface area contributed by atoms with E-state index in [1.807, 2.05) is 36.4 Å². The molecule has 0 N–H and O–H groups in total. The molecule has 0 amide bonds. The lowest BCUT2D eigenvalue weighted by Gasteiger charge is -2.27. The number of fused-ring (bicyclic) bond motifs is 5. The van der Waals surface area contributed by atoms with Crippen LogP contribution in [0.15, 0.2) is 60.7 Å². The summed E-state index contributed by atoms with van der Waals surface area (Å²) in [7, 11) is 0. The molecular weight excluding hydrogens is 361 g/mol. The second-order valence-corrected chi connectivity index (χ2v) is 6.77. The number of benzene rings is 4. The van der Waals surface area contributed by atoms with Gasteiger partial charge in [0.05, 0.1) is 6.61 Å². The van der Waals surface area contributed by atoms with Crippen LogP contribution in [0.25, 0.3) is 44.2 Å². The van der Waals surface area contributed by atoms with Crippen molar-refractivity contribution in [2.45, 2.75) is 6.92 Å². The smallest absolute Gasteiger partial charge is 0.173 e. The third kappa shape index (κ3) is 2.27. The van der Waals surface area contributed by atoms with E-state index in [0.717, 1.165) is 10.8 Å². The lowest BCUT2D eigenvalue weighted by Crippen LogP contribution is -2.09. The summed E-state index contributed by atoms with van der Waals surface area (Å²) in [5.74, 6) is -2.60. The highest BCUT2D eigenvalue weighted by Crippen LogP contribution is 2.53. The molecule has 4 aromatic rings. The summed E-state index contributed by atoms with van der Waals surface area (Å²) in [6, 6.07) is 18.0. The van der Waals surface area contributed by atoms with Gasteiger partial charge < -0.3 is 4.74 Å². The number of rotatable bonds is 3. The first-order valence-corrected chi connectivity index (χ1v) is 9.07. The highest BCUT2D eigenvalue weighted by molar-refractivity contribution is 6.05. The first-order chi connectivity index (χ1) is 13.6. The Morgan fingerprint density at radius 2 is 1.43 bits per heavy atom. The van der Waals surface area contributed by atoms with Crippen molar-refractivity contribution in [1.29, 1.82) is 0 Å². The predicted molar refractivity (Wildman–Crippen MR) is 105 cm³/mol. The van der Waals surface area contributed by atoms with E-state index < -0.39 is 17.5 Å². The molecule has 28 heavy (non-hydrogen) atoms. The molecular formula is C24H15F3O. The van der Waals surface area contributed by atoms with Crippen LogP contribution in [0.2, 0.25) is 0 Å². The average Bonchev–Trinajstić information content (AvgIpc) is 2.70. The molecule has 0 unspecified atom stereocenters. The summed E-state index contributed by atoms with van der Waals surface area (Å²) >= 11 is 0. The lowest BCUT2D eigenvalue weighted by molar-refractivity contribution is 0.322. The molecule has 138 valence electrons. The van der Waals surface area contributed by atoms with Crippen LogP contribution in [0.3, 0.4) is 0 Å². The van der Waals surface area contributed by atoms with E-state index in [9.17, 15) is 13.2 Å². The minimum Gasteiger partial charge on any atom is -0.491 e. The van der Waals surface area contributed by atoms with E-state index >= 15 is 0 Å². The summed E-state index contributed by atoms with van der Waals surface area (Å²) < 4.78 is 49.7. The second-order valence-electron chi connectivity index (χ2n) is 6.77. The molecule has 0 aliphatic heterocycles. The van der Waals surface area contributed by atoms with Gasteiger partial charge in [-0.3, -0.25) is 0 Å². The maximum absolute atomic E-state index is 14.9. The zero-order chi connectivity index (χ0) is 19.4. The number of ether oxygens (including phenoxy) is 1. The van der Waals surface area contributed by atoms with E-state index in [1.165, 1.54) is 6.07 Å². The van der Waals surface area contributed by atoms with Gasteiger partial charge in [-0.25, -0.2) is 13.2 Å².